The molecule has 2 bridgehead atoms. The fraction of sp³-hybridized carbons (Fsp3) is 0.435. The minimum absolute atomic E-state index is 0.0318. The fourth-order valence-electron chi connectivity index (χ4n) is 4.35. The van der Waals surface area contributed by atoms with Crippen LogP contribution in [0.4, 0.5) is 8.78 Å². The zero-order chi connectivity index (χ0) is 22.8. The molecule has 9 heteroatoms. The lowest BCUT2D eigenvalue weighted by molar-refractivity contribution is -0.142. The molecule has 0 radical (unpaired) electrons. The Kier molecular flexibility index (Phi) is 6.65. The number of benzene rings is 2. The van der Waals surface area contributed by atoms with Crippen LogP contribution in [-0.2, 0) is 14.1 Å². The number of carboxylic acids is 1. The van der Waals surface area contributed by atoms with Gasteiger partial charge in [0.15, 0.2) is 19.1 Å². The lowest BCUT2D eigenvalue weighted by atomic mass is 9.80. The molecule has 0 aromatic heterocycles. The molecule has 0 aliphatic carbocycles. The highest BCUT2D eigenvalue weighted by Gasteiger charge is 2.57. The van der Waals surface area contributed by atoms with Gasteiger partial charge in [-0.1, -0.05) is 0 Å². The average molecular weight is 467 g/mol. The minimum atomic E-state index is -1.87. The van der Waals surface area contributed by atoms with Crippen molar-refractivity contribution in [2.24, 2.45) is 5.41 Å². The van der Waals surface area contributed by atoms with Crippen molar-refractivity contribution < 1.29 is 37.4 Å². The van der Waals surface area contributed by atoms with Gasteiger partial charge in [-0.05, 0) is 31.4 Å². The predicted molar refractivity (Wildman–Crippen MR) is 116 cm³/mol. The Morgan fingerprint density at radius 1 is 1.09 bits per heavy atom. The number of fused-ring (bicyclic) bond motifs is 3. The molecule has 1 N–H and O–H groups in total. The third-order valence-corrected chi connectivity index (χ3v) is 10.0. The molecule has 3 aliphatic heterocycles. The number of ether oxygens (including phenoxy) is 3. The predicted octanol–water partition coefficient (Wildman–Crippen LogP) is 4.63. The van der Waals surface area contributed by atoms with Crippen molar-refractivity contribution in [1.29, 1.82) is 0 Å². The van der Waals surface area contributed by atoms with Crippen molar-refractivity contribution in [3.63, 3.8) is 0 Å². The van der Waals surface area contributed by atoms with E-state index in [0.29, 0.717) is 24.7 Å². The first-order chi connectivity index (χ1) is 15.3. The third kappa shape index (κ3) is 4.87. The normalized spacial score (nSPS) is 24.3. The summed E-state index contributed by atoms with van der Waals surface area (Å²) in [6.07, 6.45) is 4.61. The van der Waals surface area contributed by atoms with Crippen molar-refractivity contribution >= 4 is 18.8 Å². The van der Waals surface area contributed by atoms with E-state index >= 15 is 0 Å². The topological polar surface area (TPSA) is 74.2 Å². The molecule has 0 spiro atoms. The van der Waals surface area contributed by atoms with E-state index in [0.717, 1.165) is 49.0 Å². The van der Waals surface area contributed by atoms with Crippen LogP contribution in [0.5, 0.6) is 17.2 Å². The highest BCUT2D eigenvalue weighted by atomic mass is 31.2. The highest BCUT2D eigenvalue weighted by molar-refractivity contribution is 7.78. The largest absolute Gasteiger partial charge is 0.496 e. The zero-order valence-corrected chi connectivity index (χ0v) is 18.7. The number of rotatable bonds is 9. The molecule has 2 aromatic rings. The van der Waals surface area contributed by atoms with Crippen molar-refractivity contribution in [1.82, 2.24) is 0 Å². The van der Waals surface area contributed by atoms with Gasteiger partial charge in [-0.15, -0.1) is 0 Å². The van der Waals surface area contributed by atoms with Crippen LogP contribution in [0.2, 0.25) is 0 Å². The standard InChI is InChI=1S/C23H25F2O6P/c1-28-17-10-18(31-16-2-3-20(24)21(25)13-16)12-19(11-17)32-8-5-23(6-9-32,15-30-32)4-7-29-14-22(26)27/h2-3,10-13H,4-9,14-15H2,1H3/p+1. The second-order valence-corrected chi connectivity index (χ2v) is 11.8. The summed E-state index contributed by atoms with van der Waals surface area (Å²) in [5, 5.41) is 9.75. The SMILES string of the molecule is COc1cc(Oc2ccc(F)c(F)c2)cc([P+]23CCC(CCOCC(=O)O)(CC2)CO3)c1. The molecule has 5 rings (SSSR count). The smallest absolute Gasteiger partial charge is 0.329 e. The Labute approximate surface area is 185 Å². The Balaban J connectivity index is 1.49. The molecule has 3 saturated heterocycles. The van der Waals surface area contributed by atoms with E-state index in [1.54, 1.807) is 13.2 Å². The van der Waals surface area contributed by atoms with Crippen LogP contribution in [0.15, 0.2) is 36.4 Å². The van der Waals surface area contributed by atoms with Gasteiger partial charge in [0, 0.05) is 36.3 Å². The summed E-state index contributed by atoms with van der Waals surface area (Å²) in [7, 11) is -0.302. The van der Waals surface area contributed by atoms with Crippen LogP contribution in [0.25, 0.3) is 0 Å². The molecule has 0 saturated carbocycles. The van der Waals surface area contributed by atoms with Crippen LogP contribution in [0, 0.1) is 17.0 Å². The Bertz CT molecular complexity index is 974. The monoisotopic (exact) mass is 467 g/mol. The lowest BCUT2D eigenvalue weighted by Crippen LogP contribution is -2.44. The van der Waals surface area contributed by atoms with Gasteiger partial charge >= 0.3 is 5.97 Å². The van der Waals surface area contributed by atoms with E-state index in [2.05, 4.69) is 0 Å². The molecule has 3 aliphatic rings. The summed E-state index contributed by atoms with van der Waals surface area (Å²) in [4.78, 5) is 10.6. The highest BCUT2D eigenvalue weighted by Crippen LogP contribution is 2.70. The summed E-state index contributed by atoms with van der Waals surface area (Å²) in [6, 6.07) is 9.01. The maximum absolute atomic E-state index is 13.6. The third-order valence-electron chi connectivity index (χ3n) is 6.32. The molecular weight excluding hydrogens is 441 g/mol. The van der Waals surface area contributed by atoms with Crippen LogP contribution in [0.1, 0.15) is 19.3 Å². The number of halogens is 2. The molecule has 172 valence electrons. The van der Waals surface area contributed by atoms with Crippen molar-refractivity contribution in [2.75, 3.05) is 39.3 Å². The van der Waals surface area contributed by atoms with Gasteiger partial charge in [0.2, 0.25) is 0 Å². The number of carboxylic acid groups (broad SMARTS) is 1. The number of methoxy groups -OCH3 is 1. The lowest BCUT2D eigenvalue weighted by Gasteiger charge is -2.47. The first-order valence-electron chi connectivity index (χ1n) is 10.5. The Morgan fingerprint density at radius 2 is 1.84 bits per heavy atom. The molecule has 0 atom stereocenters. The number of aliphatic carboxylic acids is 1. The summed E-state index contributed by atoms with van der Waals surface area (Å²) < 4.78 is 49.8. The van der Waals surface area contributed by atoms with E-state index in [1.807, 2.05) is 12.1 Å². The van der Waals surface area contributed by atoms with E-state index in [1.165, 1.54) is 6.07 Å². The van der Waals surface area contributed by atoms with Gasteiger partial charge in [0.05, 0.1) is 26.0 Å². The van der Waals surface area contributed by atoms with Gasteiger partial charge in [-0.25, -0.2) is 18.1 Å². The second-order valence-electron chi connectivity index (χ2n) is 8.35. The van der Waals surface area contributed by atoms with Gasteiger partial charge in [-0.3, -0.25) is 0 Å². The van der Waals surface area contributed by atoms with Crippen molar-refractivity contribution in [3.05, 3.63) is 48.0 Å². The molecule has 6 nitrogen and oxygen atoms in total. The molecule has 32 heavy (non-hydrogen) atoms. The van der Waals surface area contributed by atoms with Gasteiger partial charge in [0.25, 0.3) is 0 Å². The second kappa shape index (κ2) is 9.30. The zero-order valence-electron chi connectivity index (χ0n) is 17.8. The Morgan fingerprint density at radius 3 is 2.47 bits per heavy atom. The molecule has 3 heterocycles. The van der Waals surface area contributed by atoms with Crippen LogP contribution in [-0.4, -0.2) is 50.3 Å². The molecule has 2 aromatic carbocycles. The summed E-state index contributed by atoms with van der Waals surface area (Å²) in [5.74, 6) is -1.57. The van der Waals surface area contributed by atoms with Crippen LogP contribution >= 0.6 is 7.49 Å². The molecular formula is C23H26F2O6P+. The van der Waals surface area contributed by atoms with Crippen LogP contribution < -0.4 is 14.8 Å². The van der Waals surface area contributed by atoms with Crippen molar-refractivity contribution in [2.45, 2.75) is 19.3 Å². The number of hydrogen-bond acceptors (Lipinski definition) is 5. The maximum Gasteiger partial charge on any atom is 0.329 e. The van der Waals surface area contributed by atoms with Crippen molar-refractivity contribution in [3.8, 4) is 17.2 Å². The van der Waals surface area contributed by atoms with E-state index in [9.17, 15) is 13.6 Å². The summed E-state index contributed by atoms with van der Waals surface area (Å²) in [5.41, 5.74) is 0.0318. The van der Waals surface area contributed by atoms with Crippen LogP contribution in [0.3, 0.4) is 0 Å². The first kappa shape index (κ1) is 22.9. The Hall–Kier alpha value is -2.28. The molecule has 0 amide bonds. The minimum Gasteiger partial charge on any atom is -0.496 e. The average Bonchev–Trinajstić information content (AvgIpc) is 2.80. The first-order valence-corrected chi connectivity index (χ1v) is 12.5. The van der Waals surface area contributed by atoms with E-state index < -0.39 is 25.1 Å². The van der Waals surface area contributed by atoms with Gasteiger partial charge in [-0.2, -0.15) is 0 Å². The maximum atomic E-state index is 13.6. The number of carbonyl (C=O) groups is 1. The fourth-order valence-corrected chi connectivity index (χ4v) is 8.42. The summed E-state index contributed by atoms with van der Waals surface area (Å²) in [6.45, 7) is 0.749. The molecule has 0 unspecified atom stereocenters. The quantitative estimate of drug-likeness (QED) is 0.428. The van der Waals surface area contributed by atoms with E-state index in [4.69, 9.17) is 23.8 Å². The van der Waals surface area contributed by atoms with E-state index in [-0.39, 0.29) is 17.8 Å². The molecule has 3 fully saturated rings. The van der Waals surface area contributed by atoms with Gasteiger partial charge in [0.1, 0.15) is 29.2 Å². The summed E-state index contributed by atoms with van der Waals surface area (Å²) >= 11 is 0. The number of hydrogen-bond donors (Lipinski definition) is 1. The van der Waals surface area contributed by atoms with Gasteiger partial charge < -0.3 is 19.3 Å².